The van der Waals surface area contributed by atoms with Crippen LogP contribution in [0, 0.1) is 0 Å². The van der Waals surface area contributed by atoms with E-state index in [4.69, 9.17) is 5.73 Å². The number of benzene rings is 3. The summed E-state index contributed by atoms with van der Waals surface area (Å²) in [5.74, 6) is 0. The maximum absolute atomic E-state index is 10.5. The molecule has 0 saturated heterocycles. The SMILES string of the molecule is NC(=O)NN=CC=Cc1ccc(N(c2ccccc2)c2ccccc2)cc1. The number of hydrazone groups is 1. The molecule has 5 nitrogen and oxygen atoms in total. The van der Waals surface area contributed by atoms with E-state index in [1.165, 1.54) is 6.21 Å². The molecule has 3 aromatic rings. The predicted molar refractivity (Wildman–Crippen MR) is 111 cm³/mol. The van der Waals surface area contributed by atoms with Crippen LogP contribution in [0.3, 0.4) is 0 Å². The highest BCUT2D eigenvalue weighted by Gasteiger charge is 2.10. The number of hydrogen-bond acceptors (Lipinski definition) is 3. The Kier molecular flexibility index (Phi) is 5.99. The number of nitrogens with one attached hydrogen (secondary N) is 1. The van der Waals surface area contributed by atoms with Crippen LogP contribution in [-0.4, -0.2) is 12.2 Å². The van der Waals surface area contributed by atoms with E-state index < -0.39 is 6.03 Å². The fraction of sp³-hybridized carbons (Fsp3) is 0. The van der Waals surface area contributed by atoms with Crippen LogP contribution in [-0.2, 0) is 0 Å². The van der Waals surface area contributed by atoms with Crippen LogP contribution >= 0.6 is 0 Å². The van der Waals surface area contributed by atoms with Gasteiger partial charge in [0.2, 0.25) is 0 Å². The normalized spacial score (nSPS) is 11.0. The summed E-state index contributed by atoms with van der Waals surface area (Å²) in [5, 5.41) is 3.67. The Bertz CT molecular complexity index is 880. The highest BCUT2D eigenvalue weighted by molar-refractivity contribution is 5.81. The van der Waals surface area contributed by atoms with Crippen molar-refractivity contribution in [2.75, 3.05) is 4.90 Å². The van der Waals surface area contributed by atoms with Gasteiger partial charge in [-0.1, -0.05) is 54.6 Å². The van der Waals surface area contributed by atoms with Crippen molar-refractivity contribution in [2.45, 2.75) is 0 Å². The standard InChI is InChI=1S/C22H20N4O/c23-22(27)25-24-17-7-8-18-13-15-21(16-14-18)26(19-9-3-1-4-10-19)20-11-5-2-6-12-20/h1-17H,(H3,23,25,27). The summed E-state index contributed by atoms with van der Waals surface area (Å²) in [6, 6.07) is 28.0. The maximum atomic E-state index is 10.5. The second-order valence-corrected chi connectivity index (χ2v) is 5.71. The molecule has 0 fully saturated rings. The molecule has 3 N–H and O–H groups in total. The van der Waals surface area contributed by atoms with Crippen molar-refractivity contribution >= 4 is 35.4 Å². The van der Waals surface area contributed by atoms with Crippen molar-refractivity contribution < 1.29 is 4.79 Å². The number of urea groups is 1. The summed E-state index contributed by atoms with van der Waals surface area (Å²) in [5.41, 5.74) is 11.3. The number of carbonyl (C=O) groups is 1. The maximum Gasteiger partial charge on any atom is 0.332 e. The lowest BCUT2D eigenvalue weighted by molar-refractivity contribution is 0.249. The molecule has 5 heteroatoms. The number of rotatable bonds is 6. The average Bonchev–Trinajstić information content (AvgIpc) is 2.70. The fourth-order valence-corrected chi connectivity index (χ4v) is 2.63. The van der Waals surface area contributed by atoms with Crippen LogP contribution in [0.25, 0.3) is 6.08 Å². The minimum absolute atomic E-state index is 0.689. The number of carbonyl (C=O) groups excluding carboxylic acids is 1. The van der Waals surface area contributed by atoms with Crippen molar-refractivity contribution in [2.24, 2.45) is 10.8 Å². The zero-order valence-electron chi connectivity index (χ0n) is 14.7. The zero-order valence-corrected chi connectivity index (χ0v) is 14.7. The lowest BCUT2D eigenvalue weighted by atomic mass is 10.1. The first-order valence-corrected chi connectivity index (χ1v) is 8.49. The van der Waals surface area contributed by atoms with Gasteiger partial charge in [0, 0.05) is 23.3 Å². The van der Waals surface area contributed by atoms with Crippen molar-refractivity contribution in [3.63, 3.8) is 0 Å². The van der Waals surface area contributed by atoms with Gasteiger partial charge in [-0.2, -0.15) is 5.10 Å². The number of allylic oxidation sites excluding steroid dienone is 1. The summed E-state index contributed by atoms with van der Waals surface area (Å²) in [4.78, 5) is 12.7. The number of anilines is 3. The Hall–Kier alpha value is -3.86. The Morgan fingerprint density at radius 3 is 1.85 bits per heavy atom. The Morgan fingerprint density at radius 2 is 1.33 bits per heavy atom. The van der Waals surface area contributed by atoms with Crippen molar-refractivity contribution in [3.05, 3.63) is 96.6 Å². The summed E-state index contributed by atoms with van der Waals surface area (Å²) < 4.78 is 0. The van der Waals surface area contributed by atoms with Crippen LogP contribution in [0.4, 0.5) is 21.9 Å². The molecule has 0 aliphatic heterocycles. The number of hydrogen-bond donors (Lipinski definition) is 2. The van der Waals surface area contributed by atoms with Gasteiger partial charge in [-0.3, -0.25) is 0 Å². The molecule has 27 heavy (non-hydrogen) atoms. The quantitative estimate of drug-likeness (QED) is 0.491. The van der Waals surface area contributed by atoms with Gasteiger partial charge in [0.05, 0.1) is 0 Å². The van der Waals surface area contributed by atoms with E-state index in [0.717, 1.165) is 22.6 Å². The molecule has 2 amide bonds. The first-order chi connectivity index (χ1) is 13.2. The lowest BCUT2D eigenvalue weighted by Gasteiger charge is -2.25. The van der Waals surface area contributed by atoms with Crippen molar-refractivity contribution in [1.82, 2.24) is 5.43 Å². The Morgan fingerprint density at radius 1 is 0.815 bits per heavy atom. The lowest BCUT2D eigenvalue weighted by Crippen LogP contribution is -2.24. The summed E-state index contributed by atoms with van der Waals surface area (Å²) in [6.07, 6.45) is 5.10. The third-order valence-corrected chi connectivity index (χ3v) is 3.80. The van der Waals surface area contributed by atoms with E-state index in [1.54, 1.807) is 6.08 Å². The van der Waals surface area contributed by atoms with Gasteiger partial charge in [-0.15, -0.1) is 0 Å². The van der Waals surface area contributed by atoms with Gasteiger partial charge >= 0.3 is 6.03 Å². The van der Waals surface area contributed by atoms with Crippen LogP contribution in [0.15, 0.2) is 96.1 Å². The van der Waals surface area contributed by atoms with Crippen LogP contribution in [0.1, 0.15) is 5.56 Å². The van der Waals surface area contributed by atoms with E-state index in [2.05, 4.69) is 51.8 Å². The van der Waals surface area contributed by atoms with Gasteiger partial charge in [0.1, 0.15) is 0 Å². The van der Waals surface area contributed by atoms with Gasteiger partial charge in [0.15, 0.2) is 0 Å². The van der Waals surface area contributed by atoms with E-state index in [1.807, 2.05) is 54.6 Å². The zero-order chi connectivity index (χ0) is 18.9. The second kappa shape index (κ2) is 9.01. The van der Waals surface area contributed by atoms with E-state index in [9.17, 15) is 4.79 Å². The molecular formula is C22H20N4O. The third kappa shape index (κ3) is 5.06. The van der Waals surface area contributed by atoms with Crippen LogP contribution in [0.2, 0.25) is 0 Å². The molecule has 3 aromatic carbocycles. The van der Waals surface area contributed by atoms with E-state index >= 15 is 0 Å². The largest absolute Gasteiger partial charge is 0.350 e. The molecule has 0 radical (unpaired) electrons. The summed E-state index contributed by atoms with van der Waals surface area (Å²) in [7, 11) is 0. The molecule has 0 spiro atoms. The Balaban J connectivity index is 1.83. The average molecular weight is 356 g/mol. The van der Waals surface area contributed by atoms with Gasteiger partial charge in [-0.05, 0) is 48.0 Å². The number of amides is 2. The molecule has 0 saturated carbocycles. The number of nitrogens with zero attached hydrogens (tertiary/aromatic N) is 2. The minimum Gasteiger partial charge on any atom is -0.350 e. The fourth-order valence-electron chi connectivity index (χ4n) is 2.63. The smallest absolute Gasteiger partial charge is 0.332 e. The first kappa shape index (κ1) is 17.9. The second-order valence-electron chi connectivity index (χ2n) is 5.71. The van der Waals surface area contributed by atoms with Crippen LogP contribution < -0.4 is 16.1 Å². The number of nitrogens with two attached hydrogens (primary N) is 1. The topological polar surface area (TPSA) is 70.7 Å². The molecule has 134 valence electrons. The number of para-hydroxylation sites is 2. The monoisotopic (exact) mass is 356 g/mol. The van der Waals surface area contributed by atoms with Crippen molar-refractivity contribution in [1.29, 1.82) is 0 Å². The first-order valence-electron chi connectivity index (χ1n) is 8.49. The van der Waals surface area contributed by atoms with Gasteiger partial charge in [0.25, 0.3) is 0 Å². The molecule has 3 rings (SSSR count). The summed E-state index contributed by atoms with van der Waals surface area (Å²) >= 11 is 0. The highest BCUT2D eigenvalue weighted by atomic mass is 16.2. The molecular weight excluding hydrogens is 336 g/mol. The molecule has 0 bridgehead atoms. The Labute approximate surface area is 158 Å². The van der Waals surface area contributed by atoms with E-state index in [0.29, 0.717) is 0 Å². The molecule has 0 heterocycles. The molecule has 0 aromatic heterocycles. The van der Waals surface area contributed by atoms with Crippen LogP contribution in [0.5, 0.6) is 0 Å². The highest BCUT2D eigenvalue weighted by Crippen LogP contribution is 2.34. The third-order valence-electron chi connectivity index (χ3n) is 3.80. The predicted octanol–water partition coefficient (Wildman–Crippen LogP) is 4.82. The molecule has 0 atom stereocenters. The van der Waals surface area contributed by atoms with Gasteiger partial charge < -0.3 is 10.6 Å². The van der Waals surface area contributed by atoms with Gasteiger partial charge in [-0.25, -0.2) is 10.2 Å². The molecule has 0 aliphatic rings. The van der Waals surface area contributed by atoms with E-state index in [-0.39, 0.29) is 0 Å². The number of primary amides is 1. The minimum atomic E-state index is -0.689. The molecule has 0 unspecified atom stereocenters. The molecule has 0 aliphatic carbocycles. The van der Waals surface area contributed by atoms with Crippen molar-refractivity contribution in [3.8, 4) is 0 Å². The summed E-state index contributed by atoms with van der Waals surface area (Å²) in [6.45, 7) is 0.